The number of benzene rings is 2. The molecule has 0 spiro atoms. The van der Waals surface area contributed by atoms with E-state index in [0.29, 0.717) is 5.92 Å². The van der Waals surface area contributed by atoms with Gasteiger partial charge in [-0.25, -0.2) is 0 Å². The quantitative estimate of drug-likeness (QED) is 0.886. The molecule has 1 atom stereocenters. The van der Waals surface area contributed by atoms with Gasteiger partial charge in [-0.3, -0.25) is 4.99 Å². The van der Waals surface area contributed by atoms with Crippen molar-refractivity contribution in [1.29, 1.82) is 0 Å². The average Bonchev–Trinajstić information content (AvgIpc) is 3.02. The highest BCUT2D eigenvalue weighted by atomic mass is 15.1. The van der Waals surface area contributed by atoms with E-state index in [9.17, 15) is 0 Å². The van der Waals surface area contributed by atoms with E-state index in [1.54, 1.807) is 0 Å². The maximum Gasteiger partial charge on any atom is 0.104 e. The zero-order valence-corrected chi connectivity index (χ0v) is 11.1. The molecule has 1 aliphatic heterocycles. The summed E-state index contributed by atoms with van der Waals surface area (Å²) in [5.41, 5.74) is 3.84. The van der Waals surface area contributed by atoms with Gasteiger partial charge in [0.05, 0.1) is 6.54 Å². The van der Waals surface area contributed by atoms with Crippen LogP contribution in [-0.2, 0) is 0 Å². The SMILES string of the molecule is CC(C1=NCCN1)c1ccc(-c2ccccc2)cc1. The zero-order valence-electron chi connectivity index (χ0n) is 11.1. The summed E-state index contributed by atoms with van der Waals surface area (Å²) >= 11 is 0. The smallest absolute Gasteiger partial charge is 0.104 e. The fourth-order valence-electron chi connectivity index (χ4n) is 2.46. The van der Waals surface area contributed by atoms with Crippen LogP contribution in [0.3, 0.4) is 0 Å². The van der Waals surface area contributed by atoms with Gasteiger partial charge in [0.1, 0.15) is 5.84 Å². The van der Waals surface area contributed by atoms with Crippen molar-refractivity contribution in [3.8, 4) is 11.1 Å². The van der Waals surface area contributed by atoms with Crippen molar-refractivity contribution in [3.63, 3.8) is 0 Å². The van der Waals surface area contributed by atoms with Crippen LogP contribution in [0.25, 0.3) is 11.1 Å². The van der Waals surface area contributed by atoms with Crippen molar-refractivity contribution in [1.82, 2.24) is 5.32 Å². The Kier molecular flexibility index (Phi) is 3.32. The van der Waals surface area contributed by atoms with Crippen LogP contribution in [0, 0.1) is 0 Å². The van der Waals surface area contributed by atoms with E-state index in [4.69, 9.17) is 0 Å². The maximum atomic E-state index is 4.50. The first kappa shape index (κ1) is 12.0. The minimum atomic E-state index is 0.354. The summed E-state index contributed by atoms with van der Waals surface area (Å²) < 4.78 is 0. The van der Waals surface area contributed by atoms with Crippen LogP contribution in [0.2, 0.25) is 0 Å². The number of hydrogen-bond acceptors (Lipinski definition) is 2. The Hall–Kier alpha value is -2.09. The lowest BCUT2D eigenvalue weighted by atomic mass is 9.97. The fourth-order valence-corrected chi connectivity index (χ4v) is 2.46. The third kappa shape index (κ3) is 2.53. The second kappa shape index (κ2) is 5.27. The molecule has 3 rings (SSSR count). The van der Waals surface area contributed by atoms with Crippen molar-refractivity contribution in [3.05, 3.63) is 60.2 Å². The van der Waals surface area contributed by atoms with Crippen LogP contribution in [0.1, 0.15) is 18.4 Å². The fraction of sp³-hybridized carbons (Fsp3) is 0.235. The molecule has 0 bridgehead atoms. The molecular weight excluding hydrogens is 232 g/mol. The highest BCUT2D eigenvalue weighted by Crippen LogP contribution is 2.23. The molecule has 96 valence electrons. The van der Waals surface area contributed by atoms with Gasteiger partial charge in [-0.15, -0.1) is 0 Å². The number of amidine groups is 1. The molecule has 2 aromatic carbocycles. The highest BCUT2D eigenvalue weighted by molar-refractivity contribution is 5.89. The van der Waals surface area contributed by atoms with Crippen molar-refractivity contribution < 1.29 is 0 Å². The summed E-state index contributed by atoms with van der Waals surface area (Å²) in [4.78, 5) is 4.50. The van der Waals surface area contributed by atoms with Crippen LogP contribution in [-0.4, -0.2) is 18.9 Å². The molecule has 2 aromatic rings. The van der Waals surface area contributed by atoms with Gasteiger partial charge >= 0.3 is 0 Å². The van der Waals surface area contributed by atoms with Gasteiger partial charge in [-0.2, -0.15) is 0 Å². The number of nitrogens with one attached hydrogen (secondary N) is 1. The van der Waals surface area contributed by atoms with Crippen LogP contribution in [0.5, 0.6) is 0 Å². The van der Waals surface area contributed by atoms with Crippen molar-refractivity contribution in [2.24, 2.45) is 4.99 Å². The highest BCUT2D eigenvalue weighted by Gasteiger charge is 2.15. The molecule has 0 saturated heterocycles. The summed E-state index contributed by atoms with van der Waals surface area (Å²) in [6.07, 6.45) is 0. The molecule has 1 aliphatic rings. The topological polar surface area (TPSA) is 24.4 Å². The van der Waals surface area contributed by atoms with Gasteiger partial charge in [-0.05, 0) is 16.7 Å². The Labute approximate surface area is 114 Å². The Morgan fingerprint density at radius 3 is 2.26 bits per heavy atom. The van der Waals surface area contributed by atoms with E-state index in [0.717, 1.165) is 18.9 Å². The summed E-state index contributed by atoms with van der Waals surface area (Å²) in [5, 5.41) is 3.35. The minimum Gasteiger partial charge on any atom is -0.371 e. The van der Waals surface area contributed by atoms with Crippen molar-refractivity contribution >= 4 is 5.84 Å². The van der Waals surface area contributed by atoms with Gasteiger partial charge in [-0.1, -0.05) is 61.5 Å². The molecule has 0 amide bonds. The second-order valence-electron chi connectivity index (χ2n) is 4.90. The Bertz CT molecular complexity index is 570. The average molecular weight is 250 g/mol. The van der Waals surface area contributed by atoms with E-state index >= 15 is 0 Å². The molecule has 0 saturated carbocycles. The van der Waals surface area contributed by atoms with Crippen LogP contribution in [0.15, 0.2) is 59.6 Å². The summed E-state index contributed by atoms with van der Waals surface area (Å²) in [6.45, 7) is 4.08. The lowest BCUT2D eigenvalue weighted by molar-refractivity contribution is 0.919. The summed E-state index contributed by atoms with van der Waals surface area (Å²) in [6, 6.07) is 19.3. The standard InChI is InChI=1S/C17H18N2/c1-13(17-18-11-12-19-17)14-7-9-16(10-8-14)15-5-3-2-4-6-15/h2-10,13H,11-12H2,1H3,(H,18,19). The van der Waals surface area contributed by atoms with E-state index in [2.05, 4.69) is 65.8 Å². The Morgan fingerprint density at radius 1 is 0.947 bits per heavy atom. The molecule has 0 radical (unpaired) electrons. The molecule has 19 heavy (non-hydrogen) atoms. The van der Waals surface area contributed by atoms with Crippen molar-refractivity contribution in [2.75, 3.05) is 13.1 Å². The van der Waals surface area contributed by atoms with E-state index < -0.39 is 0 Å². The van der Waals surface area contributed by atoms with E-state index in [1.807, 2.05) is 6.07 Å². The maximum absolute atomic E-state index is 4.50. The number of rotatable bonds is 3. The second-order valence-corrected chi connectivity index (χ2v) is 4.90. The predicted octanol–water partition coefficient (Wildman–Crippen LogP) is 3.46. The van der Waals surface area contributed by atoms with Crippen LogP contribution < -0.4 is 5.32 Å². The van der Waals surface area contributed by atoms with Gasteiger partial charge in [0.25, 0.3) is 0 Å². The van der Waals surface area contributed by atoms with Crippen molar-refractivity contribution in [2.45, 2.75) is 12.8 Å². The number of nitrogens with zero attached hydrogens (tertiary/aromatic N) is 1. The summed E-state index contributed by atoms with van der Waals surface area (Å²) in [7, 11) is 0. The molecule has 2 heteroatoms. The largest absolute Gasteiger partial charge is 0.371 e. The molecule has 0 aromatic heterocycles. The molecule has 0 aliphatic carbocycles. The Balaban J connectivity index is 1.83. The van der Waals surface area contributed by atoms with Gasteiger partial charge in [0.15, 0.2) is 0 Å². The molecule has 2 nitrogen and oxygen atoms in total. The third-order valence-corrected chi connectivity index (χ3v) is 3.63. The molecule has 0 fully saturated rings. The predicted molar refractivity (Wildman–Crippen MR) is 80.6 cm³/mol. The third-order valence-electron chi connectivity index (χ3n) is 3.63. The van der Waals surface area contributed by atoms with Gasteiger partial charge < -0.3 is 5.32 Å². The van der Waals surface area contributed by atoms with E-state index in [-0.39, 0.29) is 0 Å². The van der Waals surface area contributed by atoms with Crippen LogP contribution >= 0.6 is 0 Å². The zero-order chi connectivity index (χ0) is 13.1. The molecule has 1 unspecified atom stereocenters. The summed E-state index contributed by atoms with van der Waals surface area (Å²) in [5.74, 6) is 1.47. The normalized spacial score (nSPS) is 15.7. The first-order valence-electron chi connectivity index (χ1n) is 6.78. The van der Waals surface area contributed by atoms with Crippen LogP contribution in [0.4, 0.5) is 0 Å². The van der Waals surface area contributed by atoms with E-state index in [1.165, 1.54) is 16.7 Å². The molecule has 1 heterocycles. The molecule has 1 N–H and O–H groups in total. The monoisotopic (exact) mass is 250 g/mol. The molecular formula is C17H18N2. The lowest BCUT2D eigenvalue weighted by Crippen LogP contribution is -2.23. The Morgan fingerprint density at radius 2 is 1.63 bits per heavy atom. The lowest BCUT2D eigenvalue weighted by Gasteiger charge is -2.13. The first-order valence-corrected chi connectivity index (χ1v) is 6.78. The first-order chi connectivity index (χ1) is 9.34. The van der Waals surface area contributed by atoms with Gasteiger partial charge in [0.2, 0.25) is 0 Å². The number of hydrogen-bond donors (Lipinski definition) is 1. The van der Waals surface area contributed by atoms with Gasteiger partial charge in [0, 0.05) is 12.5 Å². The number of aliphatic imine (C=N–C) groups is 1. The minimum absolute atomic E-state index is 0.354.